The highest BCUT2D eigenvalue weighted by atomic mass is 127. The van der Waals surface area contributed by atoms with Gasteiger partial charge in [-0.1, -0.05) is 31.5 Å². The van der Waals surface area contributed by atoms with Crippen LogP contribution in [-0.4, -0.2) is 52.3 Å². The molecule has 0 fully saturated rings. The average Bonchev–Trinajstić information content (AvgIpc) is 2.64. The van der Waals surface area contributed by atoms with Crippen LogP contribution in [0.25, 0.3) is 0 Å². The van der Waals surface area contributed by atoms with Crippen molar-refractivity contribution in [2.75, 3.05) is 32.8 Å². The summed E-state index contributed by atoms with van der Waals surface area (Å²) in [5.41, 5.74) is 0. The number of benzene rings is 1. The van der Waals surface area contributed by atoms with Gasteiger partial charge in [-0.3, -0.25) is 4.99 Å². The van der Waals surface area contributed by atoms with Gasteiger partial charge < -0.3 is 15.7 Å². The molecule has 0 spiro atoms. The summed E-state index contributed by atoms with van der Waals surface area (Å²) in [6.45, 7) is 6.32. The molecule has 27 heavy (non-hydrogen) atoms. The Morgan fingerprint density at radius 2 is 1.81 bits per heavy atom. The molecule has 0 aliphatic carbocycles. The van der Waals surface area contributed by atoms with Crippen LogP contribution in [0.3, 0.4) is 0 Å². The lowest BCUT2D eigenvalue weighted by Gasteiger charge is -2.15. The molecule has 0 saturated heterocycles. The number of halogens is 1. The molecule has 9 heteroatoms. The molecule has 0 heterocycles. The number of rotatable bonds is 12. The van der Waals surface area contributed by atoms with Gasteiger partial charge in [0.15, 0.2) is 5.96 Å². The van der Waals surface area contributed by atoms with Crippen LogP contribution in [0.15, 0.2) is 40.2 Å². The maximum Gasteiger partial charge on any atom is 0.240 e. The van der Waals surface area contributed by atoms with Crippen molar-refractivity contribution in [1.82, 2.24) is 15.4 Å². The Morgan fingerprint density at radius 3 is 2.41 bits per heavy atom. The molecule has 0 bridgehead atoms. The molecule has 7 nitrogen and oxygen atoms in total. The second kappa shape index (κ2) is 15.1. The van der Waals surface area contributed by atoms with Crippen molar-refractivity contribution in [3.63, 3.8) is 0 Å². The summed E-state index contributed by atoms with van der Waals surface area (Å²) in [5.74, 6) is 1.02. The van der Waals surface area contributed by atoms with Crippen molar-refractivity contribution in [2.45, 2.75) is 38.0 Å². The van der Waals surface area contributed by atoms with Crippen LogP contribution < -0.4 is 15.4 Å². The Bertz CT molecular complexity index is 621. The van der Waals surface area contributed by atoms with E-state index in [9.17, 15) is 8.42 Å². The Labute approximate surface area is 180 Å². The van der Waals surface area contributed by atoms with Crippen molar-refractivity contribution in [2.24, 2.45) is 10.9 Å². The molecular formula is C18H33IN4O3S. The number of nitrogens with one attached hydrogen (secondary N) is 3. The van der Waals surface area contributed by atoms with Crippen molar-refractivity contribution in [1.29, 1.82) is 0 Å². The number of sulfonamides is 1. The molecule has 1 aromatic carbocycles. The maximum atomic E-state index is 12.2. The van der Waals surface area contributed by atoms with Crippen LogP contribution in [0, 0.1) is 5.92 Å². The average molecular weight is 512 g/mol. The van der Waals surface area contributed by atoms with E-state index < -0.39 is 10.0 Å². The van der Waals surface area contributed by atoms with E-state index in [1.165, 1.54) is 0 Å². The fraction of sp³-hybridized carbons (Fsp3) is 0.611. The van der Waals surface area contributed by atoms with Gasteiger partial charge in [0.2, 0.25) is 10.0 Å². The van der Waals surface area contributed by atoms with Crippen LogP contribution in [0.1, 0.15) is 33.1 Å². The van der Waals surface area contributed by atoms with E-state index in [4.69, 9.17) is 5.11 Å². The van der Waals surface area contributed by atoms with Crippen LogP contribution in [0.4, 0.5) is 0 Å². The van der Waals surface area contributed by atoms with Gasteiger partial charge in [-0.05, 0) is 37.8 Å². The van der Waals surface area contributed by atoms with E-state index in [1.54, 1.807) is 30.3 Å². The fourth-order valence-corrected chi connectivity index (χ4v) is 3.58. The normalized spacial score (nSPS) is 12.9. The Balaban J connectivity index is 0.00000676. The van der Waals surface area contributed by atoms with Gasteiger partial charge in [0.1, 0.15) is 0 Å². The van der Waals surface area contributed by atoms with Crippen LogP contribution >= 0.6 is 24.0 Å². The third-order valence-corrected chi connectivity index (χ3v) is 5.33. The molecule has 0 aliphatic heterocycles. The van der Waals surface area contributed by atoms with Gasteiger partial charge >= 0.3 is 0 Å². The minimum atomic E-state index is -3.49. The monoisotopic (exact) mass is 512 g/mol. The smallest absolute Gasteiger partial charge is 0.240 e. The minimum absolute atomic E-state index is 0. The van der Waals surface area contributed by atoms with E-state index in [1.807, 2.05) is 6.92 Å². The number of aliphatic imine (C=N–C) groups is 1. The summed E-state index contributed by atoms with van der Waals surface area (Å²) < 4.78 is 26.9. The molecule has 4 N–H and O–H groups in total. The van der Waals surface area contributed by atoms with Crippen LogP contribution in [0.2, 0.25) is 0 Å². The van der Waals surface area contributed by atoms with Crippen molar-refractivity contribution < 1.29 is 13.5 Å². The summed E-state index contributed by atoms with van der Waals surface area (Å²) in [6, 6.07) is 8.30. The first-order chi connectivity index (χ1) is 12.5. The molecule has 1 atom stereocenters. The zero-order valence-corrected chi connectivity index (χ0v) is 19.3. The predicted molar refractivity (Wildman–Crippen MR) is 121 cm³/mol. The number of hydrogen-bond donors (Lipinski definition) is 4. The Morgan fingerprint density at radius 1 is 1.11 bits per heavy atom. The highest BCUT2D eigenvalue weighted by Gasteiger charge is 2.12. The largest absolute Gasteiger partial charge is 0.396 e. The number of hydrogen-bond acceptors (Lipinski definition) is 4. The summed E-state index contributed by atoms with van der Waals surface area (Å²) in [5, 5.41) is 15.4. The van der Waals surface area contributed by atoms with Gasteiger partial charge in [0.05, 0.1) is 4.90 Å². The van der Waals surface area contributed by atoms with Crippen molar-refractivity contribution in [3.05, 3.63) is 30.3 Å². The second-order valence-electron chi connectivity index (χ2n) is 6.02. The molecular weight excluding hydrogens is 479 g/mol. The number of nitrogens with zero attached hydrogens (tertiary/aromatic N) is 1. The van der Waals surface area contributed by atoms with E-state index in [0.717, 1.165) is 25.8 Å². The van der Waals surface area contributed by atoms with E-state index in [0.29, 0.717) is 25.0 Å². The molecule has 1 rings (SSSR count). The second-order valence-corrected chi connectivity index (χ2v) is 7.79. The van der Waals surface area contributed by atoms with E-state index >= 15 is 0 Å². The molecule has 1 unspecified atom stereocenters. The third-order valence-electron chi connectivity index (χ3n) is 3.85. The van der Waals surface area contributed by atoms with Crippen molar-refractivity contribution in [3.8, 4) is 0 Å². The SMILES string of the molecule is CCCC(CCO)CN=C(NCC)NCCNS(=O)(=O)c1ccccc1.I. The maximum absolute atomic E-state index is 12.2. The standard InChI is InChI=1S/C18H32N4O3S.HI/c1-3-8-16(11-14-23)15-21-18(19-4-2)20-12-13-22-26(24,25)17-9-6-5-7-10-17;/h5-7,9-10,16,22-23H,3-4,8,11-15H2,1-2H3,(H2,19,20,21);1H. The van der Waals surface area contributed by atoms with Gasteiger partial charge in [0.25, 0.3) is 0 Å². The number of aliphatic hydroxyl groups is 1. The van der Waals surface area contributed by atoms with Gasteiger partial charge in [0, 0.05) is 32.8 Å². The molecule has 0 amide bonds. The molecule has 156 valence electrons. The lowest BCUT2D eigenvalue weighted by Crippen LogP contribution is -2.41. The Kier molecular flexibility index (Phi) is 14.6. The van der Waals surface area contributed by atoms with E-state index in [2.05, 4.69) is 27.3 Å². The highest BCUT2D eigenvalue weighted by Crippen LogP contribution is 2.11. The van der Waals surface area contributed by atoms with Crippen LogP contribution in [0.5, 0.6) is 0 Å². The first-order valence-electron chi connectivity index (χ1n) is 9.21. The molecule has 0 radical (unpaired) electrons. The first kappa shape index (κ1) is 26.1. The van der Waals surface area contributed by atoms with Crippen molar-refractivity contribution >= 4 is 40.0 Å². The summed E-state index contributed by atoms with van der Waals surface area (Å²) >= 11 is 0. The highest BCUT2D eigenvalue weighted by molar-refractivity contribution is 14.0. The molecule has 0 saturated carbocycles. The zero-order valence-electron chi connectivity index (χ0n) is 16.1. The third kappa shape index (κ3) is 10.9. The molecule has 0 aliphatic rings. The minimum Gasteiger partial charge on any atom is -0.396 e. The summed E-state index contributed by atoms with van der Waals surface area (Å²) in [4.78, 5) is 4.81. The fourth-order valence-electron chi connectivity index (χ4n) is 2.53. The first-order valence-corrected chi connectivity index (χ1v) is 10.7. The summed E-state index contributed by atoms with van der Waals surface area (Å²) in [7, 11) is -3.49. The topological polar surface area (TPSA) is 103 Å². The lowest BCUT2D eigenvalue weighted by molar-refractivity contribution is 0.253. The number of aliphatic hydroxyl groups excluding tert-OH is 1. The Hall–Kier alpha value is -0.910. The lowest BCUT2D eigenvalue weighted by atomic mass is 10.0. The van der Waals surface area contributed by atoms with Gasteiger partial charge in [-0.25, -0.2) is 13.1 Å². The molecule has 1 aromatic rings. The van der Waals surface area contributed by atoms with Gasteiger partial charge in [-0.2, -0.15) is 0 Å². The van der Waals surface area contributed by atoms with E-state index in [-0.39, 0.29) is 42.0 Å². The molecule has 0 aromatic heterocycles. The van der Waals surface area contributed by atoms with Crippen LogP contribution in [-0.2, 0) is 10.0 Å². The number of guanidine groups is 1. The predicted octanol–water partition coefficient (Wildman–Crippen LogP) is 1.94. The van der Waals surface area contributed by atoms with Gasteiger partial charge in [-0.15, -0.1) is 24.0 Å². The zero-order chi connectivity index (χ0) is 19.3. The quantitative estimate of drug-likeness (QED) is 0.148. The summed E-state index contributed by atoms with van der Waals surface area (Å²) in [6.07, 6.45) is 2.83.